The number of hydrogen-bond donors (Lipinski definition) is 1. The fourth-order valence-electron chi connectivity index (χ4n) is 3.93. The van der Waals surface area contributed by atoms with Crippen molar-refractivity contribution in [2.24, 2.45) is 0 Å². The lowest BCUT2D eigenvalue weighted by molar-refractivity contribution is 0.325. The van der Waals surface area contributed by atoms with Crippen molar-refractivity contribution < 1.29 is 24.1 Å². The van der Waals surface area contributed by atoms with Crippen LogP contribution in [0, 0.1) is 0 Å². The topological polar surface area (TPSA) is 60.4 Å². The van der Waals surface area contributed by atoms with Crippen LogP contribution in [0.25, 0.3) is 11.8 Å². The van der Waals surface area contributed by atoms with Crippen LogP contribution in [0.3, 0.4) is 0 Å². The number of phenols is 1. The molecule has 0 aliphatic carbocycles. The molecule has 0 saturated heterocycles. The van der Waals surface area contributed by atoms with Gasteiger partial charge in [-0.3, -0.25) is 0 Å². The molecule has 142 valence electrons. The van der Waals surface area contributed by atoms with Crippen LogP contribution < -0.4 is 18.9 Å². The Kier molecular flexibility index (Phi) is 4.26. The smallest absolute Gasteiger partial charge is 0.203 e. The van der Waals surface area contributed by atoms with Gasteiger partial charge in [0.15, 0.2) is 23.0 Å². The van der Waals surface area contributed by atoms with Crippen LogP contribution in [-0.2, 0) is 13.0 Å². The Hall–Kier alpha value is -3.02. The molecule has 0 radical (unpaired) electrons. The van der Waals surface area contributed by atoms with E-state index in [2.05, 4.69) is 11.0 Å². The first-order valence-corrected chi connectivity index (χ1v) is 8.80. The van der Waals surface area contributed by atoms with Crippen LogP contribution in [0.4, 0.5) is 0 Å². The monoisotopic (exact) mass is 369 g/mol. The van der Waals surface area contributed by atoms with Gasteiger partial charge in [-0.05, 0) is 47.4 Å². The summed E-state index contributed by atoms with van der Waals surface area (Å²) in [5.41, 5.74) is 5.06. The van der Waals surface area contributed by atoms with E-state index >= 15 is 0 Å². The first-order valence-electron chi connectivity index (χ1n) is 8.80. The van der Waals surface area contributed by atoms with Gasteiger partial charge in [-0.15, -0.1) is 0 Å². The van der Waals surface area contributed by atoms with E-state index in [4.69, 9.17) is 18.9 Å². The molecule has 0 unspecified atom stereocenters. The van der Waals surface area contributed by atoms with Gasteiger partial charge in [-0.1, -0.05) is 0 Å². The Morgan fingerprint density at radius 2 is 1.52 bits per heavy atom. The van der Waals surface area contributed by atoms with Crippen molar-refractivity contribution in [2.75, 3.05) is 35.0 Å². The predicted octanol–water partition coefficient (Wildman–Crippen LogP) is 3.30. The van der Waals surface area contributed by atoms with Gasteiger partial charge in [-0.2, -0.15) is 0 Å². The molecular formula is C21H23NO5. The molecule has 0 atom stereocenters. The Labute approximate surface area is 158 Å². The number of hydrogen-bond acceptors (Lipinski definition) is 6. The normalized spacial score (nSPS) is 14.5. The summed E-state index contributed by atoms with van der Waals surface area (Å²) in [5.74, 6) is 2.43. The Bertz CT molecular complexity index is 935. The molecule has 6 heteroatoms. The number of rotatable bonds is 4. The fraction of sp³-hybridized carbons (Fsp3) is 0.333. The van der Waals surface area contributed by atoms with E-state index < -0.39 is 0 Å². The number of phenolic OH excluding ortho intramolecular Hbond substituents is 1. The summed E-state index contributed by atoms with van der Waals surface area (Å²) in [6.45, 7) is 1.61. The largest absolute Gasteiger partial charge is 0.504 e. The highest BCUT2D eigenvalue weighted by molar-refractivity contribution is 5.89. The van der Waals surface area contributed by atoms with Crippen molar-refractivity contribution in [2.45, 2.75) is 13.0 Å². The molecule has 2 aromatic rings. The minimum absolute atomic E-state index is 0.117. The maximum Gasteiger partial charge on any atom is 0.203 e. The van der Waals surface area contributed by atoms with Gasteiger partial charge in [0, 0.05) is 24.4 Å². The summed E-state index contributed by atoms with van der Waals surface area (Å²) < 4.78 is 21.7. The van der Waals surface area contributed by atoms with E-state index in [1.807, 2.05) is 18.2 Å². The summed E-state index contributed by atoms with van der Waals surface area (Å²) in [4.78, 5) is 2.27. The van der Waals surface area contributed by atoms with E-state index in [0.29, 0.717) is 17.2 Å². The van der Waals surface area contributed by atoms with Crippen LogP contribution in [0.15, 0.2) is 18.2 Å². The van der Waals surface area contributed by atoms with E-state index in [1.165, 1.54) is 12.7 Å². The zero-order chi connectivity index (χ0) is 19.1. The Morgan fingerprint density at radius 1 is 0.852 bits per heavy atom. The quantitative estimate of drug-likeness (QED) is 0.892. The Morgan fingerprint density at radius 3 is 2.19 bits per heavy atom. The lowest BCUT2D eigenvalue weighted by Crippen LogP contribution is -2.31. The number of aromatic hydroxyl groups is 1. The Balaban J connectivity index is 1.90. The highest BCUT2D eigenvalue weighted by Gasteiger charge is 2.31. The maximum absolute atomic E-state index is 10.9. The van der Waals surface area contributed by atoms with Gasteiger partial charge in [0.25, 0.3) is 0 Å². The number of fused-ring (bicyclic) bond motifs is 4. The summed E-state index contributed by atoms with van der Waals surface area (Å²) in [6, 6.07) is 5.95. The van der Waals surface area contributed by atoms with Crippen molar-refractivity contribution in [3.8, 4) is 28.7 Å². The summed E-state index contributed by atoms with van der Waals surface area (Å²) >= 11 is 0. The predicted molar refractivity (Wildman–Crippen MR) is 103 cm³/mol. The van der Waals surface area contributed by atoms with Crippen molar-refractivity contribution in [1.29, 1.82) is 0 Å². The van der Waals surface area contributed by atoms with Gasteiger partial charge >= 0.3 is 0 Å². The number of ether oxygens (including phenoxy) is 4. The highest BCUT2D eigenvalue weighted by Crippen LogP contribution is 2.49. The zero-order valence-corrected chi connectivity index (χ0v) is 16.0. The molecule has 2 aromatic carbocycles. The van der Waals surface area contributed by atoms with Gasteiger partial charge in [0.05, 0.1) is 28.4 Å². The second-order valence-electron chi connectivity index (χ2n) is 6.60. The molecule has 0 aromatic heterocycles. The zero-order valence-electron chi connectivity index (χ0n) is 16.0. The van der Waals surface area contributed by atoms with Crippen LogP contribution in [-0.4, -0.2) is 45.0 Å². The highest BCUT2D eigenvalue weighted by atomic mass is 16.5. The van der Waals surface area contributed by atoms with E-state index in [9.17, 15) is 5.11 Å². The molecule has 2 aliphatic heterocycles. The van der Waals surface area contributed by atoms with Crippen LogP contribution in [0.1, 0.15) is 22.3 Å². The number of methoxy groups -OCH3 is 4. The van der Waals surface area contributed by atoms with Gasteiger partial charge in [-0.25, -0.2) is 0 Å². The molecule has 6 nitrogen and oxygen atoms in total. The van der Waals surface area contributed by atoms with Crippen molar-refractivity contribution in [3.63, 3.8) is 0 Å². The maximum atomic E-state index is 10.9. The summed E-state index contributed by atoms with van der Waals surface area (Å²) in [6.07, 6.45) is 2.91. The minimum atomic E-state index is 0.117. The van der Waals surface area contributed by atoms with Gasteiger partial charge < -0.3 is 29.0 Å². The van der Waals surface area contributed by atoms with Gasteiger partial charge in [0.2, 0.25) is 5.75 Å². The first-order chi connectivity index (χ1) is 13.1. The third-order valence-corrected chi connectivity index (χ3v) is 5.27. The molecule has 0 spiro atoms. The average Bonchev–Trinajstić information content (AvgIpc) is 2.70. The van der Waals surface area contributed by atoms with Crippen LogP contribution in [0.5, 0.6) is 28.7 Å². The van der Waals surface area contributed by atoms with Crippen LogP contribution in [0.2, 0.25) is 0 Å². The summed E-state index contributed by atoms with van der Waals surface area (Å²) in [7, 11) is 6.38. The molecule has 4 rings (SSSR count). The molecule has 2 aliphatic rings. The molecule has 1 N–H and O–H groups in total. The lowest BCUT2D eigenvalue weighted by Gasteiger charge is -2.37. The minimum Gasteiger partial charge on any atom is -0.504 e. The third kappa shape index (κ3) is 2.63. The van der Waals surface area contributed by atoms with Crippen molar-refractivity contribution >= 4 is 11.8 Å². The molecular weight excluding hydrogens is 346 g/mol. The SMILES string of the molecule is COc1cc2c(cc1OC)CN1CCc3cc(OC)c(OC)c(O)c3C1=C2. The molecule has 0 amide bonds. The van der Waals surface area contributed by atoms with E-state index in [0.717, 1.165) is 47.6 Å². The van der Waals surface area contributed by atoms with Crippen molar-refractivity contribution in [3.05, 3.63) is 40.5 Å². The van der Waals surface area contributed by atoms with Crippen molar-refractivity contribution in [1.82, 2.24) is 4.90 Å². The molecule has 2 heterocycles. The lowest BCUT2D eigenvalue weighted by atomic mass is 9.89. The second-order valence-corrected chi connectivity index (χ2v) is 6.60. The number of nitrogens with zero attached hydrogens (tertiary/aromatic N) is 1. The van der Waals surface area contributed by atoms with E-state index in [-0.39, 0.29) is 5.75 Å². The fourth-order valence-corrected chi connectivity index (χ4v) is 3.93. The average molecular weight is 369 g/mol. The second kappa shape index (κ2) is 6.61. The summed E-state index contributed by atoms with van der Waals surface area (Å²) in [5, 5.41) is 10.9. The molecule has 27 heavy (non-hydrogen) atoms. The number of benzene rings is 2. The molecule has 0 fully saturated rings. The van der Waals surface area contributed by atoms with Crippen LogP contribution >= 0.6 is 0 Å². The third-order valence-electron chi connectivity index (χ3n) is 5.27. The van der Waals surface area contributed by atoms with Gasteiger partial charge in [0.1, 0.15) is 0 Å². The standard InChI is InChI=1S/C21H23NO5/c1-24-16-9-13-7-15-19-12(8-18(26-3)21(27-4)20(19)23)5-6-22(15)11-14(13)10-17(16)25-2/h7-10,23H,5-6,11H2,1-4H3. The first kappa shape index (κ1) is 17.4. The van der Waals surface area contributed by atoms with E-state index in [1.54, 1.807) is 21.3 Å². The molecule has 0 bridgehead atoms. The molecule has 0 saturated carbocycles.